The number of fused-ring (bicyclic) bond motifs is 1. The molecule has 0 aliphatic heterocycles. The zero-order valence-electron chi connectivity index (χ0n) is 15.3. The lowest BCUT2D eigenvalue weighted by atomic mass is 10.0. The van der Waals surface area contributed by atoms with Crippen LogP contribution in [0.2, 0.25) is 0 Å². The number of nitrogens with zero attached hydrogens (tertiary/aromatic N) is 5. The summed E-state index contributed by atoms with van der Waals surface area (Å²) in [6.45, 7) is 3.37. The summed E-state index contributed by atoms with van der Waals surface area (Å²) >= 11 is 0. The Hall–Kier alpha value is -4.05. The summed E-state index contributed by atoms with van der Waals surface area (Å²) in [5, 5.41) is 12.1. The van der Waals surface area contributed by atoms with E-state index in [-0.39, 0.29) is 5.91 Å². The molecule has 4 heterocycles. The lowest BCUT2D eigenvalue weighted by Crippen LogP contribution is -2.07. The third-order valence-electron chi connectivity index (χ3n) is 4.27. The normalized spacial score (nSPS) is 10.6. The molecule has 28 heavy (non-hydrogen) atoms. The van der Waals surface area contributed by atoms with Gasteiger partial charge in [0.25, 0.3) is 0 Å². The summed E-state index contributed by atoms with van der Waals surface area (Å²) in [6, 6.07) is 13.5. The number of carbonyl (C=O) groups excluding carboxylic acids is 1. The van der Waals surface area contributed by atoms with Crippen LogP contribution in [0.5, 0.6) is 0 Å². The Balaban J connectivity index is 1.94. The zero-order chi connectivity index (χ0) is 19.7. The Morgan fingerprint density at radius 1 is 1.18 bits per heavy atom. The highest BCUT2D eigenvalue weighted by molar-refractivity contribution is 5.91. The Kier molecular flexibility index (Phi) is 4.30. The number of anilines is 1. The van der Waals surface area contributed by atoms with Gasteiger partial charge >= 0.3 is 0 Å². The van der Waals surface area contributed by atoms with Gasteiger partial charge in [-0.15, -0.1) is 0 Å². The second-order valence-corrected chi connectivity index (χ2v) is 6.37. The fraction of sp³-hybridized carbons (Fsp3) is 0.0952. The Bertz CT molecular complexity index is 1250. The average Bonchev–Trinajstić information content (AvgIpc) is 3.09. The molecular formula is C21H16N6O. The van der Waals surface area contributed by atoms with Crippen molar-refractivity contribution < 1.29 is 4.79 Å². The van der Waals surface area contributed by atoms with Crippen molar-refractivity contribution >= 4 is 17.2 Å². The molecule has 7 heteroatoms. The summed E-state index contributed by atoms with van der Waals surface area (Å²) < 4.78 is 1.73. The highest BCUT2D eigenvalue weighted by Gasteiger charge is 2.14. The van der Waals surface area contributed by atoms with Crippen LogP contribution in [0.1, 0.15) is 18.3 Å². The molecule has 1 amide bonds. The molecule has 0 saturated heterocycles. The van der Waals surface area contributed by atoms with Gasteiger partial charge in [0.1, 0.15) is 17.4 Å². The molecular weight excluding hydrogens is 352 g/mol. The zero-order valence-corrected chi connectivity index (χ0v) is 15.3. The maximum Gasteiger partial charge on any atom is 0.221 e. The van der Waals surface area contributed by atoms with E-state index in [1.807, 2.05) is 49.5 Å². The SMILES string of the molecule is CC(=O)Nc1cnc(-c2cccc(C)n2)c(-c2ccc3ncc(C#N)n3c2)c1. The van der Waals surface area contributed by atoms with Gasteiger partial charge in [0.15, 0.2) is 0 Å². The predicted molar refractivity (Wildman–Crippen MR) is 105 cm³/mol. The predicted octanol–water partition coefficient (Wildman–Crippen LogP) is 3.60. The molecule has 0 atom stereocenters. The van der Waals surface area contributed by atoms with E-state index in [1.54, 1.807) is 10.6 Å². The molecule has 0 aliphatic carbocycles. The molecule has 4 rings (SSSR count). The van der Waals surface area contributed by atoms with Crippen LogP contribution >= 0.6 is 0 Å². The van der Waals surface area contributed by atoms with E-state index in [0.717, 1.165) is 22.5 Å². The van der Waals surface area contributed by atoms with Crippen LogP contribution in [0.25, 0.3) is 28.2 Å². The molecule has 0 radical (unpaired) electrons. The van der Waals surface area contributed by atoms with E-state index < -0.39 is 0 Å². The van der Waals surface area contributed by atoms with Crippen LogP contribution in [0, 0.1) is 18.3 Å². The Labute approximate surface area is 161 Å². The number of aromatic nitrogens is 4. The van der Waals surface area contributed by atoms with Crippen molar-refractivity contribution in [2.24, 2.45) is 0 Å². The molecule has 0 bridgehead atoms. The quantitative estimate of drug-likeness (QED) is 0.596. The first kappa shape index (κ1) is 17.4. The molecule has 0 unspecified atom stereocenters. The number of hydrogen-bond donors (Lipinski definition) is 1. The number of aryl methyl sites for hydroxylation is 1. The van der Waals surface area contributed by atoms with Gasteiger partial charge in [0, 0.05) is 29.9 Å². The van der Waals surface area contributed by atoms with Gasteiger partial charge in [-0.05, 0) is 37.3 Å². The molecule has 7 nitrogen and oxygen atoms in total. The van der Waals surface area contributed by atoms with Crippen LogP contribution in [0.3, 0.4) is 0 Å². The van der Waals surface area contributed by atoms with Crippen molar-refractivity contribution in [1.29, 1.82) is 5.26 Å². The van der Waals surface area contributed by atoms with Gasteiger partial charge < -0.3 is 5.32 Å². The number of hydrogen-bond acceptors (Lipinski definition) is 5. The molecule has 0 spiro atoms. The third-order valence-corrected chi connectivity index (χ3v) is 4.27. The first-order valence-electron chi connectivity index (χ1n) is 8.64. The topological polar surface area (TPSA) is 96.0 Å². The van der Waals surface area contributed by atoms with Gasteiger partial charge in [-0.25, -0.2) is 4.98 Å². The standard InChI is InChI=1S/C21H16N6O/c1-13-4-3-5-19(25-13)21-18(8-16(10-24-21)26-14(2)28)15-6-7-20-23-11-17(9-22)27(20)12-15/h3-8,10-12H,1-2H3,(H,26,28). The number of amides is 1. The van der Waals surface area contributed by atoms with E-state index in [4.69, 9.17) is 0 Å². The molecule has 1 N–H and O–H groups in total. The Morgan fingerprint density at radius 2 is 2.04 bits per heavy atom. The van der Waals surface area contributed by atoms with Gasteiger partial charge in [-0.2, -0.15) is 5.26 Å². The lowest BCUT2D eigenvalue weighted by Gasteiger charge is -2.12. The van der Waals surface area contributed by atoms with Crippen molar-refractivity contribution in [1.82, 2.24) is 19.4 Å². The maximum atomic E-state index is 11.5. The average molecular weight is 368 g/mol. The smallest absolute Gasteiger partial charge is 0.221 e. The molecule has 0 aliphatic rings. The maximum absolute atomic E-state index is 11.5. The number of carbonyl (C=O) groups is 1. The lowest BCUT2D eigenvalue weighted by molar-refractivity contribution is -0.114. The fourth-order valence-electron chi connectivity index (χ4n) is 3.06. The minimum absolute atomic E-state index is 0.175. The second-order valence-electron chi connectivity index (χ2n) is 6.37. The van der Waals surface area contributed by atoms with Crippen molar-refractivity contribution in [2.75, 3.05) is 5.32 Å². The van der Waals surface area contributed by atoms with Gasteiger partial charge in [-0.1, -0.05) is 6.07 Å². The molecule has 4 aromatic heterocycles. The van der Waals surface area contributed by atoms with Gasteiger partial charge in [0.05, 0.1) is 29.5 Å². The highest BCUT2D eigenvalue weighted by atomic mass is 16.1. The van der Waals surface area contributed by atoms with Crippen molar-refractivity contribution in [2.45, 2.75) is 13.8 Å². The van der Waals surface area contributed by atoms with Crippen LogP contribution in [-0.4, -0.2) is 25.3 Å². The monoisotopic (exact) mass is 368 g/mol. The van der Waals surface area contributed by atoms with E-state index in [9.17, 15) is 10.1 Å². The van der Waals surface area contributed by atoms with Crippen LogP contribution in [-0.2, 0) is 4.79 Å². The van der Waals surface area contributed by atoms with Crippen molar-refractivity contribution in [3.05, 3.63) is 66.4 Å². The Morgan fingerprint density at radius 3 is 2.79 bits per heavy atom. The molecule has 0 aromatic carbocycles. The summed E-state index contributed by atoms with van der Waals surface area (Å²) in [6.07, 6.45) is 4.99. The largest absolute Gasteiger partial charge is 0.325 e. The number of imidazole rings is 1. The molecule has 0 saturated carbocycles. The fourth-order valence-corrected chi connectivity index (χ4v) is 3.06. The third kappa shape index (κ3) is 3.19. The van der Waals surface area contributed by atoms with Gasteiger partial charge in [0.2, 0.25) is 5.91 Å². The summed E-state index contributed by atoms with van der Waals surface area (Å²) in [5.74, 6) is -0.175. The number of nitriles is 1. The van der Waals surface area contributed by atoms with Crippen LogP contribution in [0.15, 0.2) is 55.0 Å². The van der Waals surface area contributed by atoms with Crippen LogP contribution < -0.4 is 5.32 Å². The van der Waals surface area contributed by atoms with Crippen molar-refractivity contribution in [3.8, 4) is 28.6 Å². The summed E-state index contributed by atoms with van der Waals surface area (Å²) in [7, 11) is 0. The molecule has 136 valence electrons. The number of rotatable bonds is 3. The van der Waals surface area contributed by atoms with E-state index in [2.05, 4.69) is 26.3 Å². The number of nitrogens with one attached hydrogen (secondary N) is 1. The first-order chi connectivity index (χ1) is 13.5. The first-order valence-corrected chi connectivity index (χ1v) is 8.64. The van der Waals surface area contributed by atoms with E-state index >= 15 is 0 Å². The van der Waals surface area contributed by atoms with Crippen molar-refractivity contribution in [3.63, 3.8) is 0 Å². The highest BCUT2D eigenvalue weighted by Crippen LogP contribution is 2.32. The summed E-state index contributed by atoms with van der Waals surface area (Å²) in [5.41, 5.74) is 5.65. The van der Waals surface area contributed by atoms with E-state index in [0.29, 0.717) is 22.7 Å². The number of pyridine rings is 3. The van der Waals surface area contributed by atoms with Crippen LogP contribution in [0.4, 0.5) is 5.69 Å². The van der Waals surface area contributed by atoms with E-state index in [1.165, 1.54) is 13.1 Å². The second kappa shape index (κ2) is 6.93. The minimum Gasteiger partial charge on any atom is -0.325 e. The summed E-state index contributed by atoms with van der Waals surface area (Å²) in [4.78, 5) is 24.9. The van der Waals surface area contributed by atoms with Gasteiger partial charge in [-0.3, -0.25) is 19.2 Å². The molecule has 4 aromatic rings. The minimum atomic E-state index is -0.175. The molecule has 0 fully saturated rings.